The van der Waals surface area contributed by atoms with E-state index in [1.807, 2.05) is 0 Å². The maximum Gasteiger partial charge on any atom is 0.191 e. The Balaban J connectivity index is 0.00000385. The molecule has 0 bridgehead atoms. The number of hydrogen-bond donors (Lipinski definition) is 2. The molecule has 2 saturated heterocycles. The summed E-state index contributed by atoms with van der Waals surface area (Å²) in [5.41, 5.74) is 2.59. The molecule has 188 valence electrons. The topological polar surface area (TPSA) is 52.1 Å². The summed E-state index contributed by atoms with van der Waals surface area (Å²) in [6.45, 7) is 19.4. The Morgan fingerprint density at radius 3 is 2.45 bits per heavy atom. The van der Waals surface area contributed by atoms with E-state index in [1.54, 1.807) is 0 Å². The third-order valence-corrected chi connectivity index (χ3v) is 6.77. The highest BCUT2D eigenvalue weighted by Crippen LogP contribution is 2.33. The number of aryl methyl sites for hydroxylation is 1. The quantitative estimate of drug-likeness (QED) is 0.268. The normalized spacial score (nSPS) is 23.6. The summed E-state index contributed by atoms with van der Waals surface area (Å²) >= 11 is 0. The number of guanidine groups is 1. The molecular formula is C26H46IN5O. The van der Waals surface area contributed by atoms with Crippen LogP contribution in [0.5, 0.6) is 0 Å². The highest BCUT2D eigenvalue weighted by molar-refractivity contribution is 14.0. The predicted molar refractivity (Wildman–Crippen MR) is 150 cm³/mol. The average molecular weight is 572 g/mol. The third kappa shape index (κ3) is 9.34. The van der Waals surface area contributed by atoms with Crippen molar-refractivity contribution < 1.29 is 4.74 Å². The summed E-state index contributed by atoms with van der Waals surface area (Å²) in [4.78, 5) is 10.0. The summed E-state index contributed by atoms with van der Waals surface area (Å²) in [6, 6.07) is 8.82. The fraction of sp³-hybridized carbons (Fsp3) is 0.731. The van der Waals surface area contributed by atoms with Crippen molar-refractivity contribution in [2.24, 2.45) is 16.8 Å². The molecule has 3 rings (SSSR count). The van der Waals surface area contributed by atoms with E-state index in [9.17, 15) is 0 Å². The van der Waals surface area contributed by atoms with E-state index in [0.717, 1.165) is 45.2 Å². The predicted octanol–water partition coefficient (Wildman–Crippen LogP) is 3.91. The Morgan fingerprint density at radius 1 is 1.09 bits per heavy atom. The van der Waals surface area contributed by atoms with Crippen molar-refractivity contribution in [1.29, 1.82) is 0 Å². The molecule has 2 aliphatic rings. The van der Waals surface area contributed by atoms with Gasteiger partial charge in [-0.05, 0) is 44.7 Å². The molecule has 3 atom stereocenters. The van der Waals surface area contributed by atoms with Gasteiger partial charge in [-0.2, -0.15) is 0 Å². The van der Waals surface area contributed by atoms with E-state index in [2.05, 4.69) is 72.4 Å². The molecule has 1 aromatic carbocycles. The smallest absolute Gasteiger partial charge is 0.191 e. The van der Waals surface area contributed by atoms with Crippen molar-refractivity contribution in [2.75, 3.05) is 65.5 Å². The molecule has 3 unspecified atom stereocenters. The average Bonchev–Trinajstić information content (AvgIpc) is 2.82. The van der Waals surface area contributed by atoms with Gasteiger partial charge < -0.3 is 25.2 Å². The van der Waals surface area contributed by atoms with Crippen molar-refractivity contribution >= 4 is 29.9 Å². The first-order valence-electron chi connectivity index (χ1n) is 12.7. The van der Waals surface area contributed by atoms with Crippen LogP contribution in [0.2, 0.25) is 0 Å². The lowest BCUT2D eigenvalue weighted by Gasteiger charge is -2.35. The van der Waals surface area contributed by atoms with Crippen molar-refractivity contribution in [3.63, 3.8) is 0 Å². The van der Waals surface area contributed by atoms with Crippen LogP contribution in [0.15, 0.2) is 29.3 Å². The summed E-state index contributed by atoms with van der Waals surface area (Å²) in [5, 5.41) is 7.05. The Hall–Kier alpha value is -0.900. The number of nitrogens with zero attached hydrogens (tertiary/aromatic N) is 3. The van der Waals surface area contributed by atoms with E-state index in [0.29, 0.717) is 11.8 Å². The van der Waals surface area contributed by atoms with E-state index >= 15 is 0 Å². The zero-order chi connectivity index (χ0) is 22.8. The molecule has 7 heteroatoms. The Morgan fingerprint density at radius 2 is 1.79 bits per heavy atom. The van der Waals surface area contributed by atoms with Gasteiger partial charge in [0.05, 0.1) is 6.10 Å². The highest BCUT2D eigenvalue weighted by atomic mass is 127. The molecule has 0 aliphatic carbocycles. The van der Waals surface area contributed by atoms with Crippen LogP contribution in [0, 0.1) is 18.8 Å². The highest BCUT2D eigenvalue weighted by Gasteiger charge is 2.27. The van der Waals surface area contributed by atoms with Gasteiger partial charge in [0, 0.05) is 64.9 Å². The van der Waals surface area contributed by atoms with Gasteiger partial charge in [-0.15, -0.1) is 24.0 Å². The van der Waals surface area contributed by atoms with Gasteiger partial charge >= 0.3 is 0 Å². The molecule has 2 N–H and O–H groups in total. The molecule has 0 aromatic heterocycles. The van der Waals surface area contributed by atoms with Crippen molar-refractivity contribution in [1.82, 2.24) is 20.4 Å². The summed E-state index contributed by atoms with van der Waals surface area (Å²) in [7, 11) is 0. The Kier molecular flexibility index (Phi) is 13.0. The van der Waals surface area contributed by atoms with Crippen molar-refractivity contribution in [2.45, 2.75) is 46.6 Å². The molecule has 6 nitrogen and oxygen atoms in total. The minimum absolute atomic E-state index is 0. The first kappa shape index (κ1) is 28.3. The van der Waals surface area contributed by atoms with Crippen LogP contribution in [-0.4, -0.2) is 81.3 Å². The van der Waals surface area contributed by atoms with Crippen LogP contribution < -0.4 is 10.6 Å². The van der Waals surface area contributed by atoms with E-state index in [4.69, 9.17) is 9.73 Å². The van der Waals surface area contributed by atoms with Crippen molar-refractivity contribution in [3.05, 3.63) is 35.4 Å². The zero-order valence-corrected chi connectivity index (χ0v) is 23.5. The summed E-state index contributed by atoms with van der Waals surface area (Å²) < 4.78 is 6.20. The van der Waals surface area contributed by atoms with E-state index < -0.39 is 0 Å². The second kappa shape index (κ2) is 15.2. The van der Waals surface area contributed by atoms with Gasteiger partial charge in [0.15, 0.2) is 5.96 Å². The molecule has 2 fully saturated rings. The Bertz CT molecular complexity index is 690. The number of likely N-dealkylation sites (N-methyl/N-ethyl adjacent to an activating group) is 1. The van der Waals surface area contributed by atoms with Gasteiger partial charge in [0.1, 0.15) is 0 Å². The van der Waals surface area contributed by atoms with Crippen LogP contribution in [0.25, 0.3) is 0 Å². The van der Waals surface area contributed by atoms with Gasteiger partial charge in [-0.25, -0.2) is 0 Å². The number of hydrogen-bond acceptors (Lipinski definition) is 4. The molecule has 2 heterocycles. The van der Waals surface area contributed by atoms with Crippen LogP contribution in [0.4, 0.5) is 0 Å². The number of benzene rings is 1. The monoisotopic (exact) mass is 571 g/mol. The first-order chi connectivity index (χ1) is 15.6. The lowest BCUT2D eigenvalue weighted by molar-refractivity contribution is -0.0265. The van der Waals surface area contributed by atoms with Gasteiger partial charge in [0.2, 0.25) is 0 Å². The molecule has 0 amide bonds. The molecule has 0 saturated carbocycles. The zero-order valence-electron chi connectivity index (χ0n) is 21.2. The fourth-order valence-electron chi connectivity index (χ4n) is 4.78. The molecule has 33 heavy (non-hydrogen) atoms. The van der Waals surface area contributed by atoms with Crippen LogP contribution in [0.3, 0.4) is 0 Å². The maximum atomic E-state index is 6.20. The number of halogens is 1. The van der Waals surface area contributed by atoms with E-state index in [-0.39, 0.29) is 30.1 Å². The van der Waals surface area contributed by atoms with Gasteiger partial charge in [-0.1, -0.05) is 43.7 Å². The molecule has 1 aromatic rings. The van der Waals surface area contributed by atoms with Gasteiger partial charge in [0.25, 0.3) is 0 Å². The van der Waals surface area contributed by atoms with Crippen LogP contribution in [0.1, 0.15) is 50.8 Å². The van der Waals surface area contributed by atoms with Crippen LogP contribution in [-0.2, 0) is 4.74 Å². The second-order valence-corrected chi connectivity index (χ2v) is 9.54. The van der Waals surface area contributed by atoms with E-state index in [1.165, 1.54) is 50.3 Å². The first-order valence-corrected chi connectivity index (χ1v) is 12.7. The lowest BCUT2D eigenvalue weighted by Crippen LogP contribution is -2.47. The van der Waals surface area contributed by atoms with Crippen molar-refractivity contribution in [3.8, 4) is 0 Å². The largest absolute Gasteiger partial charge is 0.373 e. The SMILES string of the molecule is CCNC(=NCC(C)CN1CCN(CC)CC1)NCC1CCCOC1c1ccc(C)cc1.I. The standard InChI is InChI=1S/C26H45N5O.HI/c1-5-27-26(28-18-22(4)20-31-15-13-30(6-2)14-16-31)29-19-24-8-7-17-32-25(24)23-11-9-21(3)10-12-23;/h9-12,22,24-25H,5-8,13-20H2,1-4H3,(H2,27,28,29);1H. The maximum absolute atomic E-state index is 6.20. The van der Waals surface area contributed by atoms with Crippen LogP contribution >= 0.6 is 24.0 Å². The minimum atomic E-state index is 0. The number of ether oxygens (including phenoxy) is 1. The molecule has 0 spiro atoms. The van der Waals surface area contributed by atoms with Gasteiger partial charge in [-0.3, -0.25) is 4.99 Å². The number of aliphatic imine (C=N–C) groups is 1. The molecule has 2 aliphatic heterocycles. The summed E-state index contributed by atoms with van der Waals surface area (Å²) in [5.74, 6) is 1.95. The number of nitrogens with one attached hydrogen (secondary N) is 2. The third-order valence-electron chi connectivity index (χ3n) is 6.77. The number of rotatable bonds is 9. The lowest BCUT2D eigenvalue weighted by atomic mass is 9.89. The molecule has 0 radical (unpaired) electrons. The number of piperazine rings is 1. The Labute approximate surface area is 218 Å². The fourth-order valence-corrected chi connectivity index (χ4v) is 4.78. The minimum Gasteiger partial charge on any atom is -0.373 e. The second-order valence-electron chi connectivity index (χ2n) is 9.54. The molecular weight excluding hydrogens is 525 g/mol. The summed E-state index contributed by atoms with van der Waals surface area (Å²) in [6.07, 6.45) is 2.48.